The normalized spacial score (nSPS) is 21.1. The fourth-order valence-corrected chi connectivity index (χ4v) is 4.07. The average molecular weight is 507 g/mol. The minimum absolute atomic E-state index is 0.124. The molecule has 3 aromatic rings. The van der Waals surface area contributed by atoms with E-state index < -0.39 is 54.7 Å². The number of amides is 1. The van der Waals surface area contributed by atoms with Crippen LogP contribution in [0.2, 0.25) is 0 Å². The number of nitrogens with zero attached hydrogens (tertiary/aromatic N) is 5. The Morgan fingerprint density at radius 3 is 2.51 bits per heavy atom. The van der Waals surface area contributed by atoms with Crippen LogP contribution in [0.5, 0.6) is 0 Å². The molecule has 0 saturated heterocycles. The second-order valence-corrected chi connectivity index (χ2v) is 8.31. The van der Waals surface area contributed by atoms with Gasteiger partial charge >= 0.3 is 12.1 Å². The Kier molecular flexibility index (Phi) is 4.62. The molecule has 5 heterocycles. The van der Waals surface area contributed by atoms with Crippen LogP contribution in [0.25, 0.3) is 22.6 Å². The molecule has 8 nitrogen and oxygen atoms in total. The van der Waals surface area contributed by atoms with Crippen molar-refractivity contribution in [3.8, 4) is 11.5 Å². The lowest BCUT2D eigenvalue weighted by Crippen LogP contribution is -2.54. The Morgan fingerprint density at radius 2 is 1.83 bits per heavy atom. The van der Waals surface area contributed by atoms with Gasteiger partial charge in [0.2, 0.25) is 5.91 Å². The van der Waals surface area contributed by atoms with E-state index >= 15 is 0 Å². The highest BCUT2D eigenvalue weighted by molar-refractivity contribution is 6.08. The highest BCUT2D eigenvalue weighted by Crippen LogP contribution is 2.52. The molecule has 0 saturated carbocycles. The van der Waals surface area contributed by atoms with Gasteiger partial charge in [-0.05, 0) is 13.0 Å². The van der Waals surface area contributed by atoms with Crippen molar-refractivity contribution in [2.75, 3.05) is 17.2 Å². The zero-order valence-corrected chi connectivity index (χ0v) is 17.4. The van der Waals surface area contributed by atoms with Crippen LogP contribution in [0.15, 0.2) is 12.3 Å². The molecule has 0 fully saturated rings. The van der Waals surface area contributed by atoms with Gasteiger partial charge in [-0.3, -0.25) is 4.79 Å². The van der Waals surface area contributed by atoms with Gasteiger partial charge in [-0.2, -0.15) is 27.1 Å². The molecule has 186 valence electrons. The SMILES string of the molecule is C[C@@]12C(=O)Nc3nc(-c4nn(CCC(F)(F)C(F)(F)F)c5ncc(F)cc45)nc(c31)NCC2(F)F. The maximum absolute atomic E-state index is 14.6. The lowest BCUT2D eigenvalue weighted by molar-refractivity contribution is -0.285. The van der Waals surface area contributed by atoms with Crippen LogP contribution in [-0.2, 0) is 16.8 Å². The number of hydrogen-bond donors (Lipinski definition) is 2. The van der Waals surface area contributed by atoms with Crippen LogP contribution in [0.3, 0.4) is 0 Å². The molecule has 1 atom stereocenters. The van der Waals surface area contributed by atoms with E-state index in [1.807, 2.05) is 0 Å². The van der Waals surface area contributed by atoms with Crippen LogP contribution in [0.4, 0.5) is 46.8 Å². The summed E-state index contributed by atoms with van der Waals surface area (Å²) in [5, 5.41) is 8.50. The van der Waals surface area contributed by atoms with Crippen LogP contribution in [0, 0.1) is 5.82 Å². The second kappa shape index (κ2) is 6.97. The molecule has 16 heteroatoms. The van der Waals surface area contributed by atoms with Crippen molar-refractivity contribution in [1.82, 2.24) is 24.7 Å². The van der Waals surface area contributed by atoms with Crippen LogP contribution >= 0.6 is 0 Å². The smallest absolute Gasteiger partial charge is 0.364 e. The van der Waals surface area contributed by atoms with E-state index in [9.17, 15) is 39.9 Å². The number of carbonyl (C=O) groups is 1. The summed E-state index contributed by atoms with van der Waals surface area (Å²) in [6.07, 6.45) is -6.75. The van der Waals surface area contributed by atoms with Gasteiger partial charge < -0.3 is 10.6 Å². The van der Waals surface area contributed by atoms with E-state index in [4.69, 9.17) is 0 Å². The van der Waals surface area contributed by atoms with Crippen LogP contribution < -0.4 is 10.6 Å². The fourth-order valence-electron chi connectivity index (χ4n) is 4.07. The second-order valence-electron chi connectivity index (χ2n) is 8.31. The zero-order chi connectivity index (χ0) is 25.6. The number of rotatable bonds is 4. The number of nitrogens with one attached hydrogen (secondary N) is 2. The van der Waals surface area contributed by atoms with Crippen molar-refractivity contribution < 1.29 is 39.9 Å². The minimum Gasteiger partial charge on any atom is -0.364 e. The van der Waals surface area contributed by atoms with E-state index in [-0.39, 0.29) is 39.8 Å². The van der Waals surface area contributed by atoms with Gasteiger partial charge in [0.25, 0.3) is 5.92 Å². The zero-order valence-electron chi connectivity index (χ0n) is 17.4. The fraction of sp³-hybridized carbons (Fsp3) is 0.421. The molecule has 0 bridgehead atoms. The first-order chi connectivity index (χ1) is 16.2. The number of fused-ring (bicyclic) bond motifs is 1. The Balaban J connectivity index is 1.62. The lowest BCUT2D eigenvalue weighted by atomic mass is 9.76. The number of hydrogen-bond acceptors (Lipinski definition) is 6. The Hall–Kier alpha value is -3.59. The van der Waals surface area contributed by atoms with Crippen molar-refractivity contribution in [2.45, 2.75) is 43.3 Å². The molecule has 2 aliphatic heterocycles. The first-order valence-corrected chi connectivity index (χ1v) is 9.98. The Morgan fingerprint density at radius 1 is 1.14 bits per heavy atom. The topological polar surface area (TPSA) is 97.6 Å². The Labute approximate surface area is 189 Å². The van der Waals surface area contributed by atoms with Gasteiger partial charge in [0, 0.05) is 13.0 Å². The van der Waals surface area contributed by atoms with Crippen molar-refractivity contribution in [3.05, 3.63) is 23.6 Å². The third kappa shape index (κ3) is 3.21. The molecular formula is C19H13F8N7O. The van der Waals surface area contributed by atoms with E-state index in [0.29, 0.717) is 0 Å². The van der Waals surface area contributed by atoms with Crippen molar-refractivity contribution in [1.29, 1.82) is 0 Å². The average Bonchev–Trinajstić information content (AvgIpc) is 3.24. The van der Waals surface area contributed by atoms with Crippen LogP contribution in [-0.4, -0.2) is 55.2 Å². The number of aryl methyl sites for hydroxylation is 1. The molecule has 0 aromatic carbocycles. The molecule has 2 aliphatic rings. The number of aromatic nitrogens is 5. The maximum atomic E-state index is 14.6. The van der Waals surface area contributed by atoms with Gasteiger partial charge in [0.15, 0.2) is 11.5 Å². The van der Waals surface area contributed by atoms with Gasteiger partial charge in [0.05, 0.1) is 23.7 Å². The molecule has 2 N–H and O–H groups in total. The summed E-state index contributed by atoms with van der Waals surface area (Å²) >= 11 is 0. The number of anilines is 2. The molecule has 0 unspecified atom stereocenters. The summed E-state index contributed by atoms with van der Waals surface area (Å²) in [7, 11) is 0. The van der Waals surface area contributed by atoms with Gasteiger partial charge in [-0.25, -0.2) is 32.8 Å². The summed E-state index contributed by atoms with van der Waals surface area (Å²) in [4.78, 5) is 24.3. The molecule has 0 radical (unpaired) electrons. The molecule has 0 aliphatic carbocycles. The first kappa shape index (κ1) is 23.2. The van der Waals surface area contributed by atoms with Crippen molar-refractivity contribution >= 4 is 28.6 Å². The predicted molar refractivity (Wildman–Crippen MR) is 104 cm³/mol. The highest BCUT2D eigenvalue weighted by Gasteiger charge is 2.64. The molecule has 0 spiro atoms. The van der Waals surface area contributed by atoms with Gasteiger partial charge in [-0.15, -0.1) is 0 Å². The van der Waals surface area contributed by atoms with E-state index in [2.05, 4.69) is 30.7 Å². The largest absolute Gasteiger partial charge is 0.453 e. The summed E-state index contributed by atoms with van der Waals surface area (Å²) in [5.41, 5.74) is -2.95. The quantitative estimate of drug-likeness (QED) is 0.521. The summed E-state index contributed by atoms with van der Waals surface area (Å²) in [6, 6.07) is 0.898. The maximum Gasteiger partial charge on any atom is 0.453 e. The number of halogens is 8. The number of pyridine rings is 1. The number of carbonyl (C=O) groups excluding carboxylic acids is 1. The highest BCUT2D eigenvalue weighted by atomic mass is 19.4. The molecule has 35 heavy (non-hydrogen) atoms. The van der Waals surface area contributed by atoms with E-state index in [1.54, 1.807) is 0 Å². The monoisotopic (exact) mass is 507 g/mol. The van der Waals surface area contributed by atoms with E-state index in [0.717, 1.165) is 23.9 Å². The molecule has 5 rings (SSSR count). The summed E-state index contributed by atoms with van der Waals surface area (Å²) in [5.74, 6) is -11.1. The third-order valence-corrected chi connectivity index (χ3v) is 6.12. The van der Waals surface area contributed by atoms with Crippen molar-refractivity contribution in [2.24, 2.45) is 0 Å². The summed E-state index contributed by atoms with van der Waals surface area (Å²) < 4.78 is 108. The molecular weight excluding hydrogens is 494 g/mol. The Bertz CT molecular complexity index is 1390. The predicted octanol–water partition coefficient (Wildman–Crippen LogP) is 3.89. The third-order valence-electron chi connectivity index (χ3n) is 6.12. The van der Waals surface area contributed by atoms with E-state index in [1.165, 1.54) is 0 Å². The van der Waals surface area contributed by atoms with Crippen LogP contribution in [0.1, 0.15) is 18.9 Å². The summed E-state index contributed by atoms with van der Waals surface area (Å²) in [6.45, 7) is -0.845. The number of alkyl halides is 7. The minimum atomic E-state index is -5.79. The van der Waals surface area contributed by atoms with Gasteiger partial charge in [-0.1, -0.05) is 0 Å². The molecule has 3 aromatic heterocycles. The van der Waals surface area contributed by atoms with Gasteiger partial charge in [0.1, 0.15) is 28.6 Å². The molecule has 1 amide bonds. The lowest BCUT2D eigenvalue weighted by Gasteiger charge is -2.36. The van der Waals surface area contributed by atoms with Crippen molar-refractivity contribution in [3.63, 3.8) is 0 Å². The standard InChI is InChI=1S/C19H13F8N7O/c1-16-9-11(29-6-18(16,23)24)30-13(31-12(9)32-15(16)35)10-8-4-7(20)5-28-14(8)34(33-10)3-2-17(21,22)19(25,26)27/h4-5H,2-3,6H2,1H3,(H2,29,30,31,32,35)/t16-/m0/s1. The first-order valence-electron chi connectivity index (χ1n) is 9.98.